The molecule has 0 aromatic carbocycles. The van der Waals surface area contributed by atoms with Crippen molar-refractivity contribution in [2.45, 2.75) is 25.5 Å². The van der Waals surface area contributed by atoms with E-state index in [0.717, 1.165) is 19.6 Å². The molecule has 1 aliphatic rings. The van der Waals surface area contributed by atoms with Crippen LogP contribution in [0.3, 0.4) is 0 Å². The van der Waals surface area contributed by atoms with Gasteiger partial charge in [0.05, 0.1) is 25.9 Å². The standard InChI is InChI=1S/C9H19NO3/c1-2-11-5-6-13-9-7-12-4-3-8(9)10/h8-9H,2-7,10H2,1H3. The molecule has 0 aliphatic carbocycles. The summed E-state index contributed by atoms with van der Waals surface area (Å²) < 4.78 is 15.9. The fourth-order valence-corrected chi connectivity index (χ4v) is 1.30. The lowest BCUT2D eigenvalue weighted by Crippen LogP contribution is -2.45. The van der Waals surface area contributed by atoms with Crippen molar-refractivity contribution in [2.24, 2.45) is 5.73 Å². The summed E-state index contributed by atoms with van der Waals surface area (Å²) in [6, 6.07) is 0.121. The Bertz CT molecular complexity index is 132. The van der Waals surface area contributed by atoms with Crippen LogP contribution in [0.25, 0.3) is 0 Å². The van der Waals surface area contributed by atoms with Crippen LogP contribution in [0.4, 0.5) is 0 Å². The van der Waals surface area contributed by atoms with E-state index in [0.29, 0.717) is 19.8 Å². The molecule has 0 aromatic heterocycles. The van der Waals surface area contributed by atoms with E-state index in [1.54, 1.807) is 0 Å². The molecule has 0 amide bonds. The van der Waals surface area contributed by atoms with Crippen LogP contribution in [0.1, 0.15) is 13.3 Å². The monoisotopic (exact) mass is 189 g/mol. The molecule has 1 saturated heterocycles. The fourth-order valence-electron chi connectivity index (χ4n) is 1.30. The first-order chi connectivity index (χ1) is 6.34. The Labute approximate surface area is 79.3 Å². The molecule has 0 aromatic rings. The molecule has 1 fully saturated rings. The summed E-state index contributed by atoms with van der Waals surface area (Å²) in [7, 11) is 0. The van der Waals surface area contributed by atoms with E-state index in [1.807, 2.05) is 6.92 Å². The van der Waals surface area contributed by atoms with Crippen molar-refractivity contribution in [1.82, 2.24) is 0 Å². The van der Waals surface area contributed by atoms with Gasteiger partial charge in [0, 0.05) is 19.3 Å². The van der Waals surface area contributed by atoms with Crippen molar-refractivity contribution in [3.63, 3.8) is 0 Å². The van der Waals surface area contributed by atoms with Crippen LogP contribution in [0.2, 0.25) is 0 Å². The van der Waals surface area contributed by atoms with Gasteiger partial charge in [-0.15, -0.1) is 0 Å². The molecule has 2 unspecified atom stereocenters. The van der Waals surface area contributed by atoms with Gasteiger partial charge in [0.25, 0.3) is 0 Å². The van der Waals surface area contributed by atoms with Crippen molar-refractivity contribution < 1.29 is 14.2 Å². The zero-order valence-corrected chi connectivity index (χ0v) is 8.20. The van der Waals surface area contributed by atoms with Gasteiger partial charge in [-0.2, -0.15) is 0 Å². The summed E-state index contributed by atoms with van der Waals surface area (Å²) >= 11 is 0. The highest BCUT2D eigenvalue weighted by molar-refractivity contribution is 4.76. The average molecular weight is 189 g/mol. The van der Waals surface area contributed by atoms with Gasteiger partial charge in [-0.3, -0.25) is 0 Å². The van der Waals surface area contributed by atoms with Gasteiger partial charge in [-0.1, -0.05) is 0 Å². The minimum atomic E-state index is 0.0502. The largest absolute Gasteiger partial charge is 0.379 e. The van der Waals surface area contributed by atoms with Crippen molar-refractivity contribution in [3.8, 4) is 0 Å². The topological polar surface area (TPSA) is 53.7 Å². The number of hydrogen-bond donors (Lipinski definition) is 1. The van der Waals surface area contributed by atoms with Crippen LogP contribution < -0.4 is 5.73 Å². The molecule has 1 rings (SSSR count). The van der Waals surface area contributed by atoms with E-state index >= 15 is 0 Å². The molecule has 4 nitrogen and oxygen atoms in total. The van der Waals surface area contributed by atoms with Gasteiger partial charge in [-0.05, 0) is 13.3 Å². The van der Waals surface area contributed by atoms with Crippen LogP contribution in [-0.2, 0) is 14.2 Å². The lowest BCUT2D eigenvalue weighted by Gasteiger charge is -2.28. The zero-order chi connectivity index (χ0) is 9.52. The first-order valence-electron chi connectivity index (χ1n) is 4.87. The van der Waals surface area contributed by atoms with Gasteiger partial charge in [0.1, 0.15) is 0 Å². The summed E-state index contributed by atoms with van der Waals surface area (Å²) in [5.74, 6) is 0. The minimum Gasteiger partial charge on any atom is -0.379 e. The SMILES string of the molecule is CCOCCOC1COCCC1N. The Morgan fingerprint density at radius 2 is 2.31 bits per heavy atom. The third-order valence-electron chi connectivity index (χ3n) is 2.12. The highest BCUT2D eigenvalue weighted by Gasteiger charge is 2.22. The van der Waals surface area contributed by atoms with Crippen molar-refractivity contribution >= 4 is 0 Å². The second-order valence-electron chi connectivity index (χ2n) is 3.13. The lowest BCUT2D eigenvalue weighted by molar-refractivity contribution is -0.0736. The van der Waals surface area contributed by atoms with Crippen molar-refractivity contribution in [1.29, 1.82) is 0 Å². The molecular weight excluding hydrogens is 170 g/mol. The zero-order valence-electron chi connectivity index (χ0n) is 8.20. The smallest absolute Gasteiger partial charge is 0.0960 e. The van der Waals surface area contributed by atoms with Gasteiger partial charge < -0.3 is 19.9 Å². The Morgan fingerprint density at radius 1 is 1.46 bits per heavy atom. The van der Waals surface area contributed by atoms with E-state index < -0.39 is 0 Å². The van der Waals surface area contributed by atoms with Crippen molar-refractivity contribution in [2.75, 3.05) is 33.0 Å². The maximum atomic E-state index is 5.85. The highest BCUT2D eigenvalue weighted by atomic mass is 16.6. The molecule has 0 radical (unpaired) electrons. The highest BCUT2D eigenvalue weighted by Crippen LogP contribution is 2.08. The number of rotatable bonds is 5. The molecular formula is C9H19NO3. The van der Waals surface area contributed by atoms with E-state index in [9.17, 15) is 0 Å². The van der Waals surface area contributed by atoms with E-state index in [-0.39, 0.29) is 12.1 Å². The molecule has 0 saturated carbocycles. The maximum absolute atomic E-state index is 5.85. The average Bonchev–Trinajstić information content (AvgIpc) is 2.15. The quantitative estimate of drug-likeness (QED) is 0.626. The van der Waals surface area contributed by atoms with Gasteiger partial charge in [-0.25, -0.2) is 0 Å². The van der Waals surface area contributed by atoms with E-state index in [4.69, 9.17) is 19.9 Å². The Hall–Kier alpha value is -0.160. The molecule has 1 aliphatic heterocycles. The summed E-state index contributed by atoms with van der Waals surface area (Å²) in [6.45, 7) is 5.32. The van der Waals surface area contributed by atoms with Crippen LogP contribution >= 0.6 is 0 Å². The minimum absolute atomic E-state index is 0.0502. The maximum Gasteiger partial charge on any atom is 0.0960 e. The second-order valence-corrected chi connectivity index (χ2v) is 3.13. The molecule has 1 heterocycles. The molecule has 0 bridgehead atoms. The second kappa shape index (κ2) is 6.32. The summed E-state index contributed by atoms with van der Waals surface area (Å²) in [5.41, 5.74) is 5.85. The van der Waals surface area contributed by atoms with Crippen LogP contribution in [0.5, 0.6) is 0 Å². The Balaban J connectivity index is 2.05. The number of nitrogens with two attached hydrogens (primary N) is 1. The van der Waals surface area contributed by atoms with Crippen molar-refractivity contribution in [3.05, 3.63) is 0 Å². The first kappa shape index (κ1) is 10.9. The summed E-state index contributed by atoms with van der Waals surface area (Å²) in [5, 5.41) is 0. The molecule has 78 valence electrons. The Morgan fingerprint density at radius 3 is 3.00 bits per heavy atom. The van der Waals surface area contributed by atoms with Crippen LogP contribution in [-0.4, -0.2) is 45.2 Å². The fraction of sp³-hybridized carbons (Fsp3) is 1.00. The predicted molar refractivity (Wildman–Crippen MR) is 49.6 cm³/mol. The van der Waals surface area contributed by atoms with E-state index in [1.165, 1.54) is 0 Å². The molecule has 4 heteroatoms. The lowest BCUT2D eigenvalue weighted by atomic mass is 10.1. The third kappa shape index (κ3) is 4.04. The normalized spacial score (nSPS) is 29.1. The van der Waals surface area contributed by atoms with Crippen LogP contribution in [0.15, 0.2) is 0 Å². The van der Waals surface area contributed by atoms with E-state index in [2.05, 4.69) is 0 Å². The van der Waals surface area contributed by atoms with Gasteiger partial charge in [0.15, 0.2) is 0 Å². The molecule has 2 atom stereocenters. The van der Waals surface area contributed by atoms with Gasteiger partial charge >= 0.3 is 0 Å². The molecule has 0 spiro atoms. The Kier molecular flexibility index (Phi) is 5.31. The van der Waals surface area contributed by atoms with Crippen LogP contribution in [0, 0.1) is 0 Å². The number of hydrogen-bond acceptors (Lipinski definition) is 4. The summed E-state index contributed by atoms with van der Waals surface area (Å²) in [6.07, 6.45) is 0.938. The molecule has 2 N–H and O–H groups in total. The predicted octanol–water partition coefficient (Wildman–Crippen LogP) is 0.156. The summed E-state index contributed by atoms with van der Waals surface area (Å²) in [4.78, 5) is 0. The number of ether oxygens (including phenoxy) is 3. The third-order valence-corrected chi connectivity index (χ3v) is 2.12. The van der Waals surface area contributed by atoms with Gasteiger partial charge in [0.2, 0.25) is 0 Å². The molecule has 13 heavy (non-hydrogen) atoms. The first-order valence-corrected chi connectivity index (χ1v) is 4.87.